The first-order valence-electron chi connectivity index (χ1n) is 7.94. The number of carbonyl (C=O) groups is 3. The van der Waals surface area contributed by atoms with Crippen LogP contribution in [0.25, 0.3) is 0 Å². The van der Waals surface area contributed by atoms with Crippen molar-refractivity contribution in [3.8, 4) is 5.75 Å². The molecule has 0 saturated heterocycles. The van der Waals surface area contributed by atoms with Crippen LogP contribution in [0, 0.1) is 0 Å². The third-order valence-corrected chi connectivity index (χ3v) is 3.58. The average Bonchev–Trinajstić information content (AvgIpc) is 2.67. The number of esters is 1. The molecule has 0 heterocycles. The highest BCUT2D eigenvalue weighted by Crippen LogP contribution is 2.22. The number of para-hydroxylation sites is 1. The van der Waals surface area contributed by atoms with Crippen molar-refractivity contribution in [2.24, 2.45) is 0 Å². The summed E-state index contributed by atoms with van der Waals surface area (Å²) in [5.74, 6) is -0.796. The molecule has 0 fully saturated rings. The summed E-state index contributed by atoms with van der Waals surface area (Å²) >= 11 is 0. The number of methoxy groups -OCH3 is 1. The highest BCUT2D eigenvalue weighted by molar-refractivity contribution is 5.97. The van der Waals surface area contributed by atoms with E-state index in [1.54, 1.807) is 54.6 Å². The smallest absolute Gasteiger partial charge is 0.321 e. The third kappa shape index (κ3) is 5.07. The van der Waals surface area contributed by atoms with Crippen LogP contribution in [0.15, 0.2) is 54.6 Å². The van der Waals surface area contributed by atoms with Crippen molar-refractivity contribution in [3.05, 3.63) is 65.7 Å². The molecule has 2 N–H and O–H groups in total. The Labute approximate surface area is 151 Å². The van der Waals surface area contributed by atoms with Crippen LogP contribution in [0.1, 0.15) is 17.2 Å². The number of nitrogens with one attached hydrogen (secondary N) is 2. The SMILES string of the molecule is CNC(=O)NC(=O)C(OC(=O)Cc1ccccc1OC)c1ccccc1. The Morgan fingerprint density at radius 3 is 2.31 bits per heavy atom. The monoisotopic (exact) mass is 356 g/mol. The molecule has 2 aromatic rings. The van der Waals surface area contributed by atoms with Crippen molar-refractivity contribution in [2.75, 3.05) is 14.2 Å². The van der Waals surface area contributed by atoms with E-state index >= 15 is 0 Å². The van der Waals surface area contributed by atoms with Crippen LogP contribution in [-0.4, -0.2) is 32.1 Å². The number of carbonyl (C=O) groups excluding carboxylic acids is 3. The molecule has 1 unspecified atom stereocenters. The fraction of sp³-hybridized carbons (Fsp3) is 0.211. The van der Waals surface area contributed by atoms with Gasteiger partial charge in [0.2, 0.25) is 6.10 Å². The lowest BCUT2D eigenvalue weighted by Crippen LogP contribution is -2.41. The molecule has 0 aliphatic rings. The Morgan fingerprint density at radius 1 is 1.00 bits per heavy atom. The summed E-state index contributed by atoms with van der Waals surface area (Å²) in [6, 6.07) is 14.8. The van der Waals surface area contributed by atoms with Crippen molar-refractivity contribution in [3.63, 3.8) is 0 Å². The molecule has 0 radical (unpaired) electrons. The highest BCUT2D eigenvalue weighted by atomic mass is 16.5. The summed E-state index contributed by atoms with van der Waals surface area (Å²) in [6.07, 6.45) is -1.31. The van der Waals surface area contributed by atoms with Crippen LogP contribution >= 0.6 is 0 Å². The highest BCUT2D eigenvalue weighted by Gasteiger charge is 2.26. The molecule has 0 saturated carbocycles. The van der Waals surface area contributed by atoms with Crippen molar-refractivity contribution in [1.29, 1.82) is 0 Å². The number of urea groups is 1. The number of hydrogen-bond acceptors (Lipinski definition) is 5. The van der Waals surface area contributed by atoms with Gasteiger partial charge in [-0.3, -0.25) is 14.9 Å². The summed E-state index contributed by atoms with van der Waals surface area (Å²) in [4.78, 5) is 36.1. The van der Waals surface area contributed by atoms with E-state index in [1.807, 2.05) is 0 Å². The van der Waals surface area contributed by atoms with E-state index in [0.29, 0.717) is 16.9 Å². The number of benzene rings is 2. The molecule has 2 rings (SSSR count). The molecule has 1 atom stereocenters. The maximum atomic E-state index is 12.4. The molecular formula is C19H20N2O5. The van der Waals surface area contributed by atoms with Gasteiger partial charge < -0.3 is 14.8 Å². The fourth-order valence-electron chi connectivity index (χ4n) is 2.32. The normalized spacial score (nSPS) is 11.2. The average molecular weight is 356 g/mol. The zero-order valence-electron chi connectivity index (χ0n) is 14.5. The molecule has 0 aliphatic heterocycles. The van der Waals surface area contributed by atoms with Gasteiger partial charge in [-0.15, -0.1) is 0 Å². The second-order valence-corrected chi connectivity index (χ2v) is 5.34. The van der Waals surface area contributed by atoms with Gasteiger partial charge in [0.1, 0.15) is 5.75 Å². The first-order chi connectivity index (χ1) is 12.5. The number of imide groups is 1. The van der Waals surface area contributed by atoms with Crippen LogP contribution in [0.5, 0.6) is 5.75 Å². The lowest BCUT2D eigenvalue weighted by Gasteiger charge is -2.18. The van der Waals surface area contributed by atoms with Crippen LogP contribution in [0.2, 0.25) is 0 Å². The van der Waals surface area contributed by atoms with Crippen LogP contribution in [0.4, 0.5) is 4.79 Å². The summed E-state index contributed by atoms with van der Waals surface area (Å²) < 4.78 is 10.6. The Morgan fingerprint density at radius 2 is 1.65 bits per heavy atom. The van der Waals surface area contributed by atoms with Gasteiger partial charge in [-0.05, 0) is 6.07 Å². The molecule has 7 heteroatoms. The van der Waals surface area contributed by atoms with Gasteiger partial charge in [-0.25, -0.2) is 4.79 Å². The van der Waals surface area contributed by atoms with Gasteiger partial charge >= 0.3 is 12.0 Å². The topological polar surface area (TPSA) is 93.7 Å². The van der Waals surface area contributed by atoms with E-state index in [1.165, 1.54) is 14.2 Å². The number of amides is 3. The zero-order chi connectivity index (χ0) is 18.9. The summed E-state index contributed by atoms with van der Waals surface area (Å²) in [7, 11) is 2.89. The van der Waals surface area contributed by atoms with E-state index in [-0.39, 0.29) is 6.42 Å². The molecule has 3 amide bonds. The maximum Gasteiger partial charge on any atom is 0.321 e. The molecule has 136 valence electrons. The lowest BCUT2D eigenvalue weighted by molar-refractivity contribution is -0.155. The quantitative estimate of drug-likeness (QED) is 0.772. The minimum atomic E-state index is -1.24. The molecular weight excluding hydrogens is 336 g/mol. The van der Waals surface area contributed by atoms with Gasteiger partial charge in [0, 0.05) is 18.2 Å². The Bertz CT molecular complexity index is 777. The Kier molecular flexibility index (Phi) is 6.73. The molecule has 26 heavy (non-hydrogen) atoms. The number of hydrogen-bond donors (Lipinski definition) is 2. The summed E-state index contributed by atoms with van der Waals surface area (Å²) in [5, 5.41) is 4.41. The molecule has 2 aromatic carbocycles. The summed E-state index contributed by atoms with van der Waals surface area (Å²) in [5.41, 5.74) is 1.10. The molecule has 0 bridgehead atoms. The van der Waals surface area contributed by atoms with E-state index in [4.69, 9.17) is 9.47 Å². The molecule has 7 nitrogen and oxygen atoms in total. The van der Waals surface area contributed by atoms with Gasteiger partial charge in [0.05, 0.1) is 13.5 Å². The second-order valence-electron chi connectivity index (χ2n) is 5.34. The van der Waals surface area contributed by atoms with Crippen molar-refractivity contribution in [2.45, 2.75) is 12.5 Å². The molecule has 0 aliphatic carbocycles. The van der Waals surface area contributed by atoms with Crippen LogP contribution in [0.3, 0.4) is 0 Å². The minimum Gasteiger partial charge on any atom is -0.496 e. The number of rotatable bonds is 6. The molecule has 0 aromatic heterocycles. The van der Waals surface area contributed by atoms with Gasteiger partial charge in [0.15, 0.2) is 0 Å². The second kappa shape index (κ2) is 9.22. The Hall–Kier alpha value is -3.35. The van der Waals surface area contributed by atoms with Gasteiger partial charge in [-0.1, -0.05) is 48.5 Å². The zero-order valence-corrected chi connectivity index (χ0v) is 14.5. The van der Waals surface area contributed by atoms with Crippen molar-refractivity contribution < 1.29 is 23.9 Å². The van der Waals surface area contributed by atoms with E-state index in [2.05, 4.69) is 10.6 Å². The summed E-state index contributed by atoms with van der Waals surface area (Å²) in [6.45, 7) is 0. The first kappa shape index (κ1) is 19.0. The van der Waals surface area contributed by atoms with Crippen molar-refractivity contribution in [1.82, 2.24) is 10.6 Å². The first-order valence-corrected chi connectivity index (χ1v) is 7.94. The van der Waals surface area contributed by atoms with E-state index in [9.17, 15) is 14.4 Å². The lowest BCUT2D eigenvalue weighted by atomic mass is 10.1. The van der Waals surface area contributed by atoms with Gasteiger partial charge in [0.25, 0.3) is 5.91 Å². The standard InChI is InChI=1S/C19H20N2O5/c1-20-19(24)21-18(23)17(13-8-4-3-5-9-13)26-16(22)12-14-10-6-7-11-15(14)25-2/h3-11,17H,12H2,1-2H3,(H2,20,21,23,24). The predicted octanol–water partition coefficient (Wildman–Crippen LogP) is 1.98. The third-order valence-electron chi connectivity index (χ3n) is 3.58. The van der Waals surface area contributed by atoms with Crippen LogP contribution < -0.4 is 15.4 Å². The van der Waals surface area contributed by atoms with E-state index < -0.39 is 24.0 Å². The van der Waals surface area contributed by atoms with Crippen molar-refractivity contribution >= 4 is 17.9 Å². The predicted molar refractivity (Wildman–Crippen MR) is 94.6 cm³/mol. The fourth-order valence-corrected chi connectivity index (χ4v) is 2.32. The maximum absolute atomic E-state index is 12.4. The molecule has 0 spiro atoms. The van der Waals surface area contributed by atoms with Crippen LogP contribution in [-0.2, 0) is 20.7 Å². The van der Waals surface area contributed by atoms with Gasteiger partial charge in [-0.2, -0.15) is 0 Å². The largest absolute Gasteiger partial charge is 0.496 e. The van der Waals surface area contributed by atoms with E-state index in [0.717, 1.165) is 0 Å². The Balaban J connectivity index is 2.16. The number of ether oxygens (including phenoxy) is 2. The minimum absolute atomic E-state index is 0.0688.